The predicted molar refractivity (Wildman–Crippen MR) is 299 cm³/mol. The first-order valence-corrected chi connectivity index (χ1v) is 29.0. The molecule has 28 nitrogen and oxygen atoms in total. The van der Waals surface area contributed by atoms with Crippen molar-refractivity contribution in [3.05, 3.63) is 11.8 Å². The number of methoxy groups -OCH3 is 1. The molecule has 0 aliphatic rings. The second-order valence-corrected chi connectivity index (χ2v) is 16.9. The number of amides is 1. The van der Waals surface area contributed by atoms with Gasteiger partial charge in [0.25, 0.3) is 0 Å². The molecular weight excluding hydrogens is 1110 g/mol. The Morgan fingerprint density at radius 1 is 0.277 bits per heavy atom. The van der Waals surface area contributed by atoms with Crippen LogP contribution in [0.2, 0.25) is 0 Å². The van der Waals surface area contributed by atoms with Crippen LogP contribution in [-0.4, -0.2) is 335 Å². The van der Waals surface area contributed by atoms with Crippen LogP contribution in [0.15, 0.2) is 11.8 Å². The molecule has 0 aliphatic carbocycles. The van der Waals surface area contributed by atoms with Crippen LogP contribution in [0.25, 0.3) is 0 Å². The Balaban J connectivity index is 3.11. The molecule has 0 aliphatic heterocycles. The van der Waals surface area contributed by atoms with E-state index < -0.39 is 0 Å². The quantitative estimate of drug-likeness (QED) is 0.0370. The first-order valence-electron chi connectivity index (χ1n) is 29.0. The van der Waals surface area contributed by atoms with E-state index in [0.717, 1.165) is 6.08 Å². The van der Waals surface area contributed by atoms with E-state index in [1.165, 1.54) is 6.92 Å². The van der Waals surface area contributed by atoms with Crippen LogP contribution < -0.4 is 5.32 Å². The number of aliphatic hydroxyl groups excluding tert-OH is 1. The van der Waals surface area contributed by atoms with Crippen molar-refractivity contribution in [2.24, 2.45) is 0 Å². The Morgan fingerprint density at radius 3 is 0.614 bits per heavy atom. The summed E-state index contributed by atoms with van der Waals surface area (Å²) in [5.41, 5.74) is 0. The Hall–Kier alpha value is -2.28. The van der Waals surface area contributed by atoms with Gasteiger partial charge in [0.1, 0.15) is 6.79 Å². The first-order chi connectivity index (χ1) is 41.1. The standard InChI is InChI=1S/C55H107NO27/c1-53(57)51-54(58)3-4-55(59)56-5-6-61-7-8-62-9-10-63-11-12-64-13-14-65-15-16-66-17-18-67-19-20-68-21-22-69-23-24-70-25-26-71-27-28-72-29-30-73-31-32-74-33-34-75-35-36-76-37-38-77-39-40-78-41-42-79-43-44-80-45-46-81-47-48-82-49-50-83-52-60-2/h51,58H,3-50,52H2,1-2H3,(H,56,59)/b54-51-. The molecule has 0 bridgehead atoms. The number of carbonyl (C=O) groups excluding carboxylic acids is 2. The van der Waals surface area contributed by atoms with Gasteiger partial charge >= 0.3 is 0 Å². The number of aliphatic hydroxyl groups is 1. The van der Waals surface area contributed by atoms with Crippen molar-refractivity contribution in [3.8, 4) is 0 Å². The van der Waals surface area contributed by atoms with Gasteiger partial charge in [0.15, 0.2) is 5.78 Å². The number of nitrogens with one attached hydrogen (secondary N) is 1. The van der Waals surface area contributed by atoms with Gasteiger partial charge in [0.05, 0.1) is 303 Å². The zero-order chi connectivity index (χ0) is 59.8. The molecule has 0 aromatic rings. The van der Waals surface area contributed by atoms with Crippen LogP contribution >= 0.6 is 0 Å². The third-order valence-corrected chi connectivity index (χ3v) is 9.93. The Kier molecular flexibility index (Phi) is 71.9. The van der Waals surface area contributed by atoms with Crippen LogP contribution in [0.5, 0.6) is 0 Å². The molecule has 494 valence electrons. The van der Waals surface area contributed by atoms with Crippen molar-refractivity contribution in [3.63, 3.8) is 0 Å². The van der Waals surface area contributed by atoms with E-state index in [9.17, 15) is 14.7 Å². The second kappa shape index (κ2) is 74.0. The van der Waals surface area contributed by atoms with E-state index in [2.05, 4.69) is 5.32 Å². The lowest BCUT2D eigenvalue weighted by Gasteiger charge is -2.09. The summed E-state index contributed by atoms with van der Waals surface area (Å²) in [7, 11) is 1.58. The zero-order valence-electron chi connectivity index (χ0n) is 50.3. The van der Waals surface area contributed by atoms with Gasteiger partial charge in [0, 0.05) is 32.6 Å². The largest absolute Gasteiger partial charge is 0.512 e. The molecule has 0 radical (unpaired) electrons. The van der Waals surface area contributed by atoms with Gasteiger partial charge in [-0.3, -0.25) is 9.59 Å². The Bertz CT molecular complexity index is 1300. The van der Waals surface area contributed by atoms with E-state index in [-0.39, 0.29) is 37.1 Å². The molecule has 0 atom stereocenters. The van der Waals surface area contributed by atoms with Crippen molar-refractivity contribution < 1.29 is 128 Å². The average Bonchev–Trinajstić information content (AvgIpc) is 3.48. The van der Waals surface area contributed by atoms with Gasteiger partial charge in [0.2, 0.25) is 5.91 Å². The fourth-order valence-electron chi connectivity index (χ4n) is 5.88. The van der Waals surface area contributed by atoms with Gasteiger partial charge in [-0.1, -0.05) is 0 Å². The van der Waals surface area contributed by atoms with Crippen LogP contribution in [-0.2, 0) is 123 Å². The van der Waals surface area contributed by atoms with Crippen LogP contribution in [0.1, 0.15) is 19.8 Å². The topological polar surface area (TPSA) is 288 Å². The van der Waals surface area contributed by atoms with Crippen molar-refractivity contribution in [1.82, 2.24) is 5.32 Å². The van der Waals surface area contributed by atoms with Gasteiger partial charge in [-0.25, -0.2) is 0 Å². The lowest BCUT2D eigenvalue weighted by Crippen LogP contribution is -2.27. The number of hydrogen-bond donors (Lipinski definition) is 2. The molecule has 0 saturated carbocycles. The highest BCUT2D eigenvalue weighted by atomic mass is 16.7. The second-order valence-electron chi connectivity index (χ2n) is 16.9. The molecule has 0 aromatic heterocycles. The monoisotopic (exact) mass is 1210 g/mol. The molecule has 0 fully saturated rings. The number of hydrogen-bond acceptors (Lipinski definition) is 27. The molecule has 2 N–H and O–H groups in total. The minimum Gasteiger partial charge on any atom is -0.512 e. The van der Waals surface area contributed by atoms with Gasteiger partial charge in [-0.15, -0.1) is 0 Å². The third-order valence-electron chi connectivity index (χ3n) is 9.93. The summed E-state index contributed by atoms with van der Waals surface area (Å²) in [5, 5.41) is 12.2. The smallest absolute Gasteiger partial charge is 0.220 e. The minimum atomic E-state index is -0.262. The lowest BCUT2D eigenvalue weighted by molar-refractivity contribution is -0.121. The summed E-state index contributed by atoms with van der Waals surface area (Å²) in [6.07, 6.45) is 1.32. The molecule has 0 unspecified atom stereocenters. The molecule has 83 heavy (non-hydrogen) atoms. The van der Waals surface area contributed by atoms with Gasteiger partial charge in [-0.2, -0.15) is 0 Å². The number of carbonyl (C=O) groups is 2. The highest BCUT2D eigenvalue weighted by molar-refractivity contribution is 5.87. The van der Waals surface area contributed by atoms with Crippen molar-refractivity contribution in [1.29, 1.82) is 0 Å². The normalized spacial score (nSPS) is 11.9. The number of ketones is 1. The Labute approximate surface area is 493 Å². The van der Waals surface area contributed by atoms with Crippen molar-refractivity contribution >= 4 is 11.7 Å². The summed E-state index contributed by atoms with van der Waals surface area (Å²) in [5.74, 6) is -0.593. The molecule has 0 saturated heterocycles. The van der Waals surface area contributed by atoms with E-state index in [1.54, 1.807) is 7.11 Å². The maximum atomic E-state index is 11.7. The molecule has 1 amide bonds. The van der Waals surface area contributed by atoms with Crippen LogP contribution in [0, 0.1) is 0 Å². The highest BCUT2D eigenvalue weighted by Crippen LogP contribution is 2.01. The van der Waals surface area contributed by atoms with Gasteiger partial charge < -0.3 is 124 Å². The van der Waals surface area contributed by atoms with E-state index in [0.29, 0.717) is 304 Å². The van der Waals surface area contributed by atoms with Crippen molar-refractivity contribution in [2.45, 2.75) is 19.8 Å². The van der Waals surface area contributed by atoms with Crippen LogP contribution in [0.3, 0.4) is 0 Å². The van der Waals surface area contributed by atoms with E-state index in [1.807, 2.05) is 0 Å². The summed E-state index contributed by atoms with van der Waals surface area (Å²) in [4.78, 5) is 22.6. The van der Waals surface area contributed by atoms with Crippen LogP contribution in [0.4, 0.5) is 0 Å². The molecule has 0 spiro atoms. The van der Waals surface area contributed by atoms with E-state index in [4.69, 9.17) is 114 Å². The molecule has 0 aromatic carbocycles. The SMILES string of the molecule is COCOCCOCCOCCOCCOCCOCCOCCOCCOCCOCCOCCOCCOCCOCCOCCOCCOCCOCCOCCOCCOCCOCCOCCNC(=O)CC/C(O)=C/C(C)=O. The summed E-state index contributed by atoms with van der Waals surface area (Å²) in [6, 6.07) is 0. The first kappa shape index (κ1) is 80.7. The number of rotatable bonds is 75. The summed E-state index contributed by atoms with van der Waals surface area (Å²) >= 11 is 0. The summed E-state index contributed by atoms with van der Waals surface area (Å²) in [6.45, 7) is 23.3. The Morgan fingerprint density at radius 2 is 0.446 bits per heavy atom. The van der Waals surface area contributed by atoms with Gasteiger partial charge in [-0.05, 0) is 6.92 Å². The fourth-order valence-corrected chi connectivity index (χ4v) is 5.88. The maximum Gasteiger partial charge on any atom is 0.220 e. The van der Waals surface area contributed by atoms with Crippen molar-refractivity contribution in [2.75, 3.05) is 318 Å². The lowest BCUT2D eigenvalue weighted by atomic mass is 10.2. The molecule has 0 heterocycles. The predicted octanol–water partition coefficient (Wildman–Crippen LogP) is 0.899. The number of allylic oxidation sites excluding steroid dienone is 2. The zero-order valence-corrected chi connectivity index (χ0v) is 50.3. The fraction of sp³-hybridized carbons (Fsp3) is 0.927. The van der Waals surface area contributed by atoms with E-state index >= 15 is 0 Å². The number of ether oxygens (including phenoxy) is 24. The summed E-state index contributed by atoms with van der Waals surface area (Å²) < 4.78 is 131. The molecule has 0 rings (SSSR count). The molecule has 28 heteroatoms. The highest BCUT2D eigenvalue weighted by Gasteiger charge is 2.05. The third kappa shape index (κ3) is 75.8. The minimum absolute atomic E-state index is 0.0971. The maximum absolute atomic E-state index is 11.7. The molecular formula is C55H107NO27. The average molecular weight is 1210 g/mol.